The first-order valence-electron chi connectivity index (χ1n) is 7.84. The van der Waals surface area contributed by atoms with Gasteiger partial charge in [0.2, 0.25) is 5.89 Å². The Bertz CT molecular complexity index is 681. The standard InChI is InChI=1S/C15H21N5O2S/c1-9(2)6-12-17-7-10(23-12)8-20-5-3-4-11(20)15-18-14(13(16)21)19-22-15/h7,9,11H,3-6,8H2,1-2H3,(H2,16,21)/t11-/m1/s1. The van der Waals surface area contributed by atoms with Crippen molar-refractivity contribution in [1.29, 1.82) is 0 Å². The molecule has 0 saturated carbocycles. The SMILES string of the molecule is CC(C)Cc1ncc(CN2CCC[C@@H]2c2nc(C(N)=O)no2)s1. The predicted octanol–water partition coefficient (Wildman–Crippen LogP) is 2.16. The monoisotopic (exact) mass is 335 g/mol. The van der Waals surface area contributed by atoms with Crippen molar-refractivity contribution in [3.63, 3.8) is 0 Å². The Morgan fingerprint density at radius 1 is 1.57 bits per heavy atom. The maximum Gasteiger partial charge on any atom is 0.290 e. The van der Waals surface area contributed by atoms with Gasteiger partial charge in [-0.25, -0.2) is 4.98 Å². The summed E-state index contributed by atoms with van der Waals surface area (Å²) in [5, 5.41) is 4.82. The molecule has 3 heterocycles. The van der Waals surface area contributed by atoms with Crippen molar-refractivity contribution in [3.05, 3.63) is 27.8 Å². The molecule has 1 amide bonds. The van der Waals surface area contributed by atoms with Crippen molar-refractivity contribution in [3.8, 4) is 0 Å². The van der Waals surface area contributed by atoms with Gasteiger partial charge in [-0.05, 0) is 25.3 Å². The number of carbonyl (C=O) groups excluding carboxylic acids is 1. The van der Waals surface area contributed by atoms with E-state index in [9.17, 15) is 4.79 Å². The van der Waals surface area contributed by atoms with Crippen molar-refractivity contribution in [2.75, 3.05) is 6.54 Å². The Morgan fingerprint density at radius 3 is 3.09 bits per heavy atom. The molecule has 1 aliphatic heterocycles. The Morgan fingerprint density at radius 2 is 2.39 bits per heavy atom. The number of likely N-dealkylation sites (tertiary alicyclic amines) is 1. The van der Waals surface area contributed by atoms with Crippen molar-refractivity contribution in [2.24, 2.45) is 11.7 Å². The number of carbonyl (C=O) groups is 1. The molecule has 2 N–H and O–H groups in total. The summed E-state index contributed by atoms with van der Waals surface area (Å²) in [6.45, 7) is 6.18. The Labute approximate surface area is 138 Å². The zero-order valence-electron chi connectivity index (χ0n) is 13.4. The second-order valence-electron chi connectivity index (χ2n) is 6.27. The van der Waals surface area contributed by atoms with Crippen LogP contribution in [-0.4, -0.2) is 32.5 Å². The van der Waals surface area contributed by atoms with E-state index < -0.39 is 5.91 Å². The molecule has 8 heteroatoms. The highest BCUT2D eigenvalue weighted by molar-refractivity contribution is 7.11. The summed E-state index contributed by atoms with van der Waals surface area (Å²) in [5.41, 5.74) is 5.18. The van der Waals surface area contributed by atoms with Crippen LogP contribution in [0.1, 0.15) is 59.1 Å². The Balaban J connectivity index is 1.69. The number of hydrogen-bond donors (Lipinski definition) is 1. The van der Waals surface area contributed by atoms with E-state index in [0.29, 0.717) is 11.8 Å². The summed E-state index contributed by atoms with van der Waals surface area (Å²) in [7, 11) is 0. The number of primary amides is 1. The lowest BCUT2D eigenvalue weighted by Crippen LogP contribution is -2.22. The second kappa shape index (κ2) is 6.76. The molecule has 2 aromatic rings. The van der Waals surface area contributed by atoms with Crippen LogP contribution >= 0.6 is 11.3 Å². The number of aromatic nitrogens is 3. The largest absolute Gasteiger partial charge is 0.363 e. The molecule has 1 fully saturated rings. The third-order valence-electron chi connectivity index (χ3n) is 3.85. The summed E-state index contributed by atoms with van der Waals surface area (Å²) < 4.78 is 5.22. The average molecular weight is 335 g/mol. The minimum absolute atomic E-state index is 0.0475. The van der Waals surface area contributed by atoms with Crippen LogP contribution in [0, 0.1) is 5.92 Å². The van der Waals surface area contributed by atoms with Gasteiger partial charge in [-0.15, -0.1) is 11.3 Å². The minimum Gasteiger partial charge on any atom is -0.363 e. The highest BCUT2D eigenvalue weighted by atomic mass is 32.1. The molecule has 0 radical (unpaired) electrons. The van der Waals surface area contributed by atoms with E-state index >= 15 is 0 Å². The molecule has 1 atom stereocenters. The number of hydrogen-bond acceptors (Lipinski definition) is 7. The van der Waals surface area contributed by atoms with Crippen LogP contribution < -0.4 is 5.73 Å². The van der Waals surface area contributed by atoms with Gasteiger partial charge in [-0.2, -0.15) is 4.98 Å². The lowest BCUT2D eigenvalue weighted by molar-refractivity contribution is 0.0987. The lowest BCUT2D eigenvalue weighted by atomic mass is 10.1. The molecule has 1 saturated heterocycles. The van der Waals surface area contributed by atoms with Gasteiger partial charge in [0.15, 0.2) is 0 Å². The van der Waals surface area contributed by atoms with Crippen LogP contribution in [0.3, 0.4) is 0 Å². The van der Waals surface area contributed by atoms with Crippen LogP contribution in [-0.2, 0) is 13.0 Å². The fraction of sp³-hybridized carbons (Fsp3) is 0.600. The molecule has 3 rings (SSSR count). The molecule has 0 bridgehead atoms. The molecule has 2 aromatic heterocycles. The second-order valence-corrected chi connectivity index (χ2v) is 7.47. The summed E-state index contributed by atoms with van der Waals surface area (Å²) in [4.78, 5) is 23.3. The van der Waals surface area contributed by atoms with Crippen LogP contribution in [0.4, 0.5) is 0 Å². The van der Waals surface area contributed by atoms with E-state index in [1.54, 1.807) is 11.3 Å². The fourth-order valence-electron chi connectivity index (χ4n) is 2.83. The highest BCUT2D eigenvalue weighted by Crippen LogP contribution is 2.33. The molecular formula is C15H21N5O2S. The Kier molecular flexibility index (Phi) is 4.72. The molecule has 1 aliphatic rings. The highest BCUT2D eigenvalue weighted by Gasteiger charge is 2.31. The van der Waals surface area contributed by atoms with E-state index in [-0.39, 0.29) is 11.9 Å². The quantitative estimate of drug-likeness (QED) is 0.868. The predicted molar refractivity (Wildman–Crippen MR) is 85.9 cm³/mol. The van der Waals surface area contributed by atoms with E-state index in [4.69, 9.17) is 10.3 Å². The zero-order valence-corrected chi connectivity index (χ0v) is 14.2. The zero-order chi connectivity index (χ0) is 16.4. The molecule has 0 spiro atoms. The normalized spacial score (nSPS) is 18.8. The number of amides is 1. The number of thiazole rings is 1. The summed E-state index contributed by atoms with van der Waals surface area (Å²) in [6, 6.07) is 0.0475. The first-order valence-corrected chi connectivity index (χ1v) is 8.65. The number of nitrogens with two attached hydrogens (primary N) is 1. The lowest BCUT2D eigenvalue weighted by Gasteiger charge is -2.20. The molecular weight excluding hydrogens is 314 g/mol. The van der Waals surface area contributed by atoms with Gasteiger partial charge >= 0.3 is 0 Å². The van der Waals surface area contributed by atoms with Crippen LogP contribution in [0.25, 0.3) is 0 Å². The van der Waals surface area contributed by atoms with Crippen molar-refractivity contribution < 1.29 is 9.32 Å². The Hall–Kier alpha value is -1.80. The average Bonchev–Trinajstić information content (AvgIpc) is 3.18. The topological polar surface area (TPSA) is 98.1 Å². The maximum absolute atomic E-state index is 11.1. The molecule has 0 unspecified atom stereocenters. The van der Waals surface area contributed by atoms with Crippen LogP contribution in [0.2, 0.25) is 0 Å². The number of nitrogens with zero attached hydrogens (tertiary/aromatic N) is 4. The minimum atomic E-state index is -0.662. The van der Waals surface area contributed by atoms with Crippen LogP contribution in [0.15, 0.2) is 10.7 Å². The molecule has 7 nitrogen and oxygen atoms in total. The van der Waals surface area contributed by atoms with Gasteiger partial charge < -0.3 is 10.3 Å². The maximum atomic E-state index is 11.1. The van der Waals surface area contributed by atoms with Gasteiger partial charge in [0, 0.05) is 24.0 Å². The van der Waals surface area contributed by atoms with Gasteiger partial charge in [0.05, 0.1) is 11.0 Å². The number of rotatable bonds is 6. The van der Waals surface area contributed by atoms with Crippen molar-refractivity contribution in [2.45, 2.75) is 45.7 Å². The smallest absolute Gasteiger partial charge is 0.290 e. The first-order chi connectivity index (χ1) is 11.0. The molecule has 0 aliphatic carbocycles. The van der Waals surface area contributed by atoms with E-state index in [1.807, 2.05) is 6.20 Å². The van der Waals surface area contributed by atoms with Gasteiger partial charge in [0.1, 0.15) is 0 Å². The fourth-order valence-corrected chi connectivity index (χ4v) is 3.99. The molecule has 23 heavy (non-hydrogen) atoms. The summed E-state index contributed by atoms with van der Waals surface area (Å²) >= 11 is 1.76. The van der Waals surface area contributed by atoms with E-state index in [1.165, 1.54) is 9.88 Å². The van der Waals surface area contributed by atoms with Crippen molar-refractivity contribution >= 4 is 17.2 Å². The van der Waals surface area contributed by atoms with E-state index in [2.05, 4.69) is 33.9 Å². The third kappa shape index (κ3) is 3.76. The van der Waals surface area contributed by atoms with Crippen molar-refractivity contribution in [1.82, 2.24) is 20.0 Å². The van der Waals surface area contributed by atoms with Gasteiger partial charge in [0.25, 0.3) is 11.7 Å². The van der Waals surface area contributed by atoms with Gasteiger partial charge in [-0.1, -0.05) is 19.0 Å². The van der Waals surface area contributed by atoms with E-state index in [0.717, 1.165) is 32.4 Å². The first kappa shape index (κ1) is 16.1. The third-order valence-corrected chi connectivity index (χ3v) is 4.86. The van der Waals surface area contributed by atoms with Crippen LogP contribution in [0.5, 0.6) is 0 Å². The molecule has 124 valence electrons. The molecule has 0 aromatic carbocycles. The van der Waals surface area contributed by atoms with Gasteiger partial charge in [-0.3, -0.25) is 9.69 Å². The summed E-state index contributed by atoms with van der Waals surface area (Å²) in [6.07, 6.45) is 4.98. The summed E-state index contributed by atoms with van der Waals surface area (Å²) in [5.74, 6) is 0.372.